The molecule has 7 heteroatoms. The smallest absolute Gasteiger partial charge is 0.233 e. The van der Waals surface area contributed by atoms with E-state index in [1.54, 1.807) is 20.4 Å². The number of hydrogen-bond donors (Lipinski definition) is 0. The molecule has 21 heavy (non-hydrogen) atoms. The van der Waals surface area contributed by atoms with Crippen molar-refractivity contribution in [3.8, 4) is 5.75 Å². The fraction of sp³-hybridized carbons (Fsp3) is 0.571. The van der Waals surface area contributed by atoms with E-state index in [1.165, 1.54) is 4.90 Å². The lowest BCUT2D eigenvalue weighted by Crippen LogP contribution is -2.30. The van der Waals surface area contributed by atoms with Crippen LogP contribution in [0.5, 0.6) is 5.75 Å². The third-order valence-electron chi connectivity index (χ3n) is 3.86. The summed E-state index contributed by atoms with van der Waals surface area (Å²) < 4.78 is 5.33. The summed E-state index contributed by atoms with van der Waals surface area (Å²) in [5.74, 6) is 0.0746. The van der Waals surface area contributed by atoms with Crippen molar-refractivity contribution in [2.24, 2.45) is 5.92 Å². The van der Waals surface area contributed by atoms with Crippen molar-refractivity contribution in [3.63, 3.8) is 0 Å². The van der Waals surface area contributed by atoms with Crippen LogP contribution in [0.3, 0.4) is 0 Å². The van der Waals surface area contributed by atoms with E-state index in [9.17, 15) is 14.9 Å². The van der Waals surface area contributed by atoms with Gasteiger partial charge in [-0.1, -0.05) is 0 Å². The van der Waals surface area contributed by atoms with Crippen LogP contribution in [0, 0.1) is 29.9 Å². The molecule has 0 bridgehead atoms. The van der Waals surface area contributed by atoms with Crippen LogP contribution in [0.1, 0.15) is 23.2 Å². The Morgan fingerprint density at radius 2 is 2.24 bits per heavy atom. The molecule has 1 heterocycles. The largest absolute Gasteiger partial charge is 0.496 e. The summed E-state index contributed by atoms with van der Waals surface area (Å²) in [5, 5.41) is 10.6. The second kappa shape index (κ2) is 5.67. The third kappa shape index (κ3) is 2.96. The van der Waals surface area contributed by atoms with E-state index in [0.29, 0.717) is 13.0 Å². The number of rotatable bonds is 5. The van der Waals surface area contributed by atoms with E-state index >= 15 is 0 Å². The van der Waals surface area contributed by atoms with Crippen molar-refractivity contribution in [1.29, 1.82) is 0 Å². The van der Waals surface area contributed by atoms with Crippen LogP contribution >= 0.6 is 0 Å². The molecule has 0 N–H and O–H groups in total. The number of nitrogens with zero attached hydrogens (tertiary/aromatic N) is 3. The zero-order valence-electron chi connectivity index (χ0n) is 12.6. The SMILES string of the molecule is COc1c(C)cnc(CN(C)C(=O)C2CC2[N+](=O)[O-])c1C. The van der Waals surface area contributed by atoms with E-state index in [1.807, 2.05) is 13.8 Å². The van der Waals surface area contributed by atoms with Crippen molar-refractivity contribution in [2.75, 3.05) is 14.2 Å². The molecule has 0 radical (unpaired) electrons. The van der Waals surface area contributed by atoms with Crippen molar-refractivity contribution in [1.82, 2.24) is 9.88 Å². The number of carbonyl (C=O) groups excluding carboxylic acids is 1. The highest BCUT2D eigenvalue weighted by Gasteiger charge is 2.54. The molecule has 1 aromatic rings. The maximum Gasteiger partial charge on any atom is 0.233 e. The molecule has 2 rings (SSSR count). The van der Waals surface area contributed by atoms with E-state index in [-0.39, 0.29) is 10.8 Å². The molecule has 1 fully saturated rings. The predicted molar refractivity (Wildman–Crippen MR) is 75.6 cm³/mol. The Labute approximate surface area is 123 Å². The number of amides is 1. The molecule has 1 saturated carbocycles. The molecule has 114 valence electrons. The molecule has 1 aliphatic rings. The highest BCUT2D eigenvalue weighted by Crippen LogP contribution is 2.35. The first-order chi connectivity index (χ1) is 9.86. The van der Waals surface area contributed by atoms with Gasteiger partial charge >= 0.3 is 0 Å². The Hall–Kier alpha value is -2.18. The lowest BCUT2D eigenvalue weighted by Gasteiger charge is -2.19. The molecule has 2 unspecified atom stereocenters. The average molecular weight is 293 g/mol. The van der Waals surface area contributed by atoms with Crippen molar-refractivity contribution in [3.05, 3.63) is 33.1 Å². The highest BCUT2D eigenvalue weighted by atomic mass is 16.6. The van der Waals surface area contributed by atoms with Gasteiger partial charge in [-0.3, -0.25) is 19.9 Å². The van der Waals surface area contributed by atoms with Gasteiger partial charge in [0.25, 0.3) is 0 Å². The summed E-state index contributed by atoms with van der Waals surface area (Å²) >= 11 is 0. The van der Waals surface area contributed by atoms with Gasteiger partial charge in [-0.25, -0.2) is 0 Å². The van der Waals surface area contributed by atoms with Crippen LogP contribution in [-0.4, -0.2) is 40.9 Å². The first kappa shape index (κ1) is 15.2. The molecular weight excluding hydrogens is 274 g/mol. The summed E-state index contributed by atoms with van der Waals surface area (Å²) in [6, 6.07) is -0.721. The predicted octanol–water partition coefficient (Wildman–Crippen LogP) is 1.33. The molecule has 1 aliphatic carbocycles. The van der Waals surface area contributed by atoms with Crippen LogP contribution < -0.4 is 4.74 Å². The molecule has 2 atom stereocenters. The zero-order valence-corrected chi connectivity index (χ0v) is 12.6. The Morgan fingerprint density at radius 1 is 1.57 bits per heavy atom. The minimum Gasteiger partial charge on any atom is -0.496 e. The summed E-state index contributed by atoms with van der Waals surface area (Å²) in [6.45, 7) is 4.12. The molecular formula is C14H19N3O4. The third-order valence-corrected chi connectivity index (χ3v) is 3.86. The monoisotopic (exact) mass is 293 g/mol. The first-order valence-electron chi connectivity index (χ1n) is 6.74. The van der Waals surface area contributed by atoms with Crippen LogP contribution in [0.2, 0.25) is 0 Å². The van der Waals surface area contributed by atoms with Gasteiger partial charge in [-0.15, -0.1) is 0 Å². The van der Waals surface area contributed by atoms with E-state index in [4.69, 9.17) is 4.74 Å². The zero-order chi connectivity index (χ0) is 15.7. The van der Waals surface area contributed by atoms with Gasteiger partial charge in [0.2, 0.25) is 11.9 Å². The Bertz CT molecular complexity index is 588. The molecule has 0 saturated heterocycles. The lowest BCUT2D eigenvalue weighted by atomic mass is 10.1. The maximum absolute atomic E-state index is 12.1. The summed E-state index contributed by atoms with van der Waals surface area (Å²) in [5.41, 5.74) is 2.56. The minimum absolute atomic E-state index is 0.197. The van der Waals surface area contributed by atoms with Gasteiger partial charge in [0.15, 0.2) is 0 Å². The van der Waals surface area contributed by atoms with Gasteiger partial charge in [-0.05, 0) is 13.8 Å². The molecule has 1 aromatic heterocycles. The number of carbonyl (C=O) groups is 1. The molecule has 7 nitrogen and oxygen atoms in total. The van der Waals surface area contributed by atoms with E-state index < -0.39 is 12.0 Å². The second-order valence-electron chi connectivity index (χ2n) is 5.44. The number of hydrogen-bond acceptors (Lipinski definition) is 5. The number of pyridine rings is 1. The standard InChI is InChI=1S/C14H19N3O4/c1-8-6-15-11(9(2)13(8)21-4)7-16(3)14(18)10-5-12(10)17(19)20/h6,10,12H,5,7H2,1-4H3. The topological polar surface area (TPSA) is 85.6 Å². The first-order valence-corrected chi connectivity index (χ1v) is 6.74. The number of methoxy groups -OCH3 is 1. The van der Waals surface area contributed by atoms with Crippen LogP contribution in [0.25, 0.3) is 0 Å². The summed E-state index contributed by atoms with van der Waals surface area (Å²) in [4.78, 5) is 28.2. The quantitative estimate of drug-likeness (QED) is 0.604. The van der Waals surface area contributed by atoms with Gasteiger partial charge in [0.05, 0.1) is 19.3 Å². The summed E-state index contributed by atoms with van der Waals surface area (Å²) in [6.07, 6.45) is 2.04. The second-order valence-corrected chi connectivity index (χ2v) is 5.44. The van der Waals surface area contributed by atoms with E-state index in [2.05, 4.69) is 4.98 Å². The van der Waals surface area contributed by atoms with Crippen LogP contribution in [-0.2, 0) is 11.3 Å². The van der Waals surface area contributed by atoms with Gasteiger partial charge < -0.3 is 9.64 Å². The number of ether oxygens (including phenoxy) is 1. The normalized spacial score (nSPS) is 20.0. The molecule has 0 aromatic carbocycles. The van der Waals surface area contributed by atoms with E-state index in [0.717, 1.165) is 22.6 Å². The maximum atomic E-state index is 12.1. The number of aryl methyl sites for hydroxylation is 1. The Kier molecular flexibility index (Phi) is 4.11. The Morgan fingerprint density at radius 3 is 2.76 bits per heavy atom. The highest BCUT2D eigenvalue weighted by molar-refractivity contribution is 5.81. The lowest BCUT2D eigenvalue weighted by molar-refractivity contribution is -0.497. The number of aromatic nitrogens is 1. The van der Waals surface area contributed by atoms with Crippen molar-refractivity contribution >= 4 is 5.91 Å². The van der Waals surface area contributed by atoms with Gasteiger partial charge in [0, 0.05) is 35.7 Å². The van der Waals surface area contributed by atoms with Crippen LogP contribution in [0.15, 0.2) is 6.20 Å². The van der Waals surface area contributed by atoms with Gasteiger partial charge in [-0.2, -0.15) is 0 Å². The Balaban J connectivity index is 2.08. The minimum atomic E-state index is -0.721. The fourth-order valence-corrected chi connectivity index (χ4v) is 2.50. The average Bonchev–Trinajstić information content (AvgIpc) is 3.22. The van der Waals surface area contributed by atoms with Crippen LogP contribution in [0.4, 0.5) is 0 Å². The number of nitro groups is 1. The van der Waals surface area contributed by atoms with Gasteiger partial charge in [0.1, 0.15) is 11.7 Å². The summed E-state index contributed by atoms with van der Waals surface area (Å²) in [7, 11) is 3.24. The molecule has 0 spiro atoms. The van der Waals surface area contributed by atoms with Crippen molar-refractivity contribution in [2.45, 2.75) is 32.9 Å². The fourth-order valence-electron chi connectivity index (χ4n) is 2.50. The molecule has 1 amide bonds. The molecule has 0 aliphatic heterocycles. The van der Waals surface area contributed by atoms with Crippen molar-refractivity contribution < 1.29 is 14.5 Å².